The predicted molar refractivity (Wildman–Crippen MR) is 46.3 cm³/mol. The van der Waals surface area contributed by atoms with Gasteiger partial charge < -0.3 is 10.2 Å². The zero-order valence-corrected chi connectivity index (χ0v) is 7.91. The maximum Gasteiger partial charge on any atom is 0.309 e. The van der Waals surface area contributed by atoms with Gasteiger partial charge >= 0.3 is 5.97 Å². The number of carbonyl (C=O) groups is 1. The smallest absolute Gasteiger partial charge is 0.309 e. The summed E-state index contributed by atoms with van der Waals surface area (Å²) in [5, 5.41) is 17.6. The van der Waals surface area contributed by atoms with Gasteiger partial charge in [0.15, 0.2) is 0 Å². The van der Waals surface area contributed by atoms with Crippen LogP contribution in [0.2, 0.25) is 0 Å². The first kappa shape index (κ1) is 10.2. The van der Waals surface area contributed by atoms with Gasteiger partial charge in [0.1, 0.15) is 0 Å². The third-order valence-electron chi connectivity index (χ3n) is 1.38. The van der Waals surface area contributed by atoms with E-state index in [2.05, 4.69) is 0 Å². The molecule has 0 aliphatic carbocycles. The second-order valence-corrected chi connectivity index (χ2v) is 2.96. The van der Waals surface area contributed by atoms with Crippen LogP contribution >= 0.6 is 22.6 Å². The Bertz CT molecular complexity index is 116. The maximum absolute atomic E-state index is 10.4. The summed E-state index contributed by atoms with van der Waals surface area (Å²) in [6.45, 7) is 1.76. The largest absolute Gasteiger partial charge is 0.481 e. The molecule has 0 aromatic carbocycles. The molecule has 0 fully saturated rings. The molecule has 0 spiro atoms. The molecular weight excluding hydrogens is 247 g/mol. The van der Waals surface area contributed by atoms with Crippen LogP contribution in [0.3, 0.4) is 0 Å². The van der Waals surface area contributed by atoms with Crippen molar-refractivity contribution in [3.8, 4) is 0 Å². The Balaban J connectivity index is 3.92. The molecule has 0 saturated carbocycles. The normalized spacial score (nSPS) is 16.3. The Kier molecular flexibility index (Phi) is 4.98. The van der Waals surface area contributed by atoms with E-state index < -0.39 is 18.0 Å². The van der Waals surface area contributed by atoms with Gasteiger partial charge in [0, 0.05) is 4.43 Å². The Morgan fingerprint density at radius 2 is 2.20 bits per heavy atom. The summed E-state index contributed by atoms with van der Waals surface area (Å²) in [5.41, 5.74) is 0. The fourth-order valence-electron chi connectivity index (χ4n) is 0.719. The zero-order valence-electron chi connectivity index (χ0n) is 5.75. The van der Waals surface area contributed by atoms with Gasteiger partial charge in [-0.2, -0.15) is 0 Å². The number of aliphatic hydroxyl groups excluding tert-OH is 1. The summed E-state index contributed by atoms with van der Waals surface area (Å²) in [4.78, 5) is 10.4. The predicted octanol–water partition coefficient (Wildman–Crippen LogP) is 0.893. The average Bonchev–Trinajstić information content (AvgIpc) is 1.88. The van der Waals surface area contributed by atoms with Crippen molar-refractivity contribution >= 4 is 28.6 Å². The zero-order chi connectivity index (χ0) is 8.15. The third kappa shape index (κ3) is 2.83. The van der Waals surface area contributed by atoms with Crippen molar-refractivity contribution in [2.75, 3.05) is 4.43 Å². The van der Waals surface area contributed by atoms with Crippen molar-refractivity contribution in [3.63, 3.8) is 0 Å². The molecule has 2 atom stereocenters. The highest BCUT2D eigenvalue weighted by molar-refractivity contribution is 14.1. The van der Waals surface area contributed by atoms with Crippen molar-refractivity contribution in [2.45, 2.75) is 19.4 Å². The lowest BCUT2D eigenvalue weighted by molar-refractivity contribution is -0.145. The topological polar surface area (TPSA) is 57.5 Å². The quantitative estimate of drug-likeness (QED) is 0.581. The minimum Gasteiger partial charge on any atom is -0.481 e. The second kappa shape index (κ2) is 4.90. The molecule has 0 aliphatic heterocycles. The van der Waals surface area contributed by atoms with E-state index in [1.54, 1.807) is 6.92 Å². The molecule has 0 bridgehead atoms. The molecule has 0 saturated heterocycles. The lowest BCUT2D eigenvalue weighted by Crippen LogP contribution is -2.28. The molecule has 0 aromatic rings. The average molecular weight is 258 g/mol. The summed E-state index contributed by atoms with van der Waals surface area (Å²) in [6.07, 6.45) is -0.220. The highest BCUT2D eigenvalue weighted by Gasteiger charge is 2.22. The lowest BCUT2D eigenvalue weighted by Gasteiger charge is -2.13. The number of alkyl halides is 1. The first-order valence-electron chi connectivity index (χ1n) is 3.10. The van der Waals surface area contributed by atoms with Crippen LogP contribution in [-0.4, -0.2) is 26.7 Å². The minimum atomic E-state index is -0.910. The molecule has 3 nitrogen and oxygen atoms in total. The van der Waals surface area contributed by atoms with E-state index in [0.29, 0.717) is 10.8 Å². The van der Waals surface area contributed by atoms with Gasteiger partial charge in [0.25, 0.3) is 0 Å². The lowest BCUT2D eigenvalue weighted by atomic mass is 10.0. The maximum atomic E-state index is 10.4. The summed E-state index contributed by atoms with van der Waals surface area (Å²) >= 11 is 1.97. The van der Waals surface area contributed by atoms with Crippen LogP contribution in [-0.2, 0) is 4.79 Å². The second-order valence-electron chi connectivity index (χ2n) is 2.07. The standard InChI is InChI=1S/C6H11IO3/c1-2-4(6(9)10)5(8)3-7/h4-5,8H,2-3H2,1H3,(H,9,10)/t4-,5?/m1/s1. The number of aliphatic hydroxyl groups is 1. The van der Waals surface area contributed by atoms with Crippen molar-refractivity contribution in [3.05, 3.63) is 0 Å². The molecule has 0 aromatic heterocycles. The van der Waals surface area contributed by atoms with Gasteiger partial charge in [-0.1, -0.05) is 29.5 Å². The van der Waals surface area contributed by atoms with Crippen molar-refractivity contribution in [1.29, 1.82) is 0 Å². The molecule has 1 unspecified atom stereocenters. The van der Waals surface area contributed by atoms with Crippen molar-refractivity contribution in [2.24, 2.45) is 5.92 Å². The van der Waals surface area contributed by atoms with Crippen molar-refractivity contribution < 1.29 is 15.0 Å². The first-order valence-corrected chi connectivity index (χ1v) is 4.62. The molecule has 0 amide bonds. The van der Waals surface area contributed by atoms with Crippen LogP contribution in [0.5, 0.6) is 0 Å². The van der Waals surface area contributed by atoms with E-state index in [1.165, 1.54) is 0 Å². The minimum absolute atomic E-state index is 0.475. The summed E-state index contributed by atoms with van der Waals surface area (Å²) < 4.78 is 0.475. The van der Waals surface area contributed by atoms with Gasteiger partial charge in [-0.05, 0) is 6.42 Å². The molecule has 0 heterocycles. The number of carboxylic acids is 1. The number of carboxylic acid groups (broad SMARTS) is 1. The van der Waals surface area contributed by atoms with Gasteiger partial charge in [-0.3, -0.25) is 4.79 Å². The van der Waals surface area contributed by atoms with Gasteiger partial charge in [0.2, 0.25) is 0 Å². The summed E-state index contributed by atoms with van der Waals surface area (Å²) in [6, 6.07) is 0. The monoisotopic (exact) mass is 258 g/mol. The molecule has 0 radical (unpaired) electrons. The summed E-state index contributed by atoms with van der Waals surface area (Å²) in [5.74, 6) is -1.51. The van der Waals surface area contributed by atoms with E-state index in [9.17, 15) is 4.79 Å². The molecular formula is C6H11IO3. The van der Waals surface area contributed by atoms with Crippen LogP contribution in [0.1, 0.15) is 13.3 Å². The van der Waals surface area contributed by atoms with Gasteiger partial charge in [0.05, 0.1) is 12.0 Å². The third-order valence-corrected chi connectivity index (χ3v) is 2.28. The first-order chi connectivity index (χ1) is 4.63. The molecule has 0 aliphatic rings. The van der Waals surface area contributed by atoms with Crippen molar-refractivity contribution in [1.82, 2.24) is 0 Å². The highest BCUT2D eigenvalue weighted by atomic mass is 127. The van der Waals surface area contributed by atoms with E-state index in [4.69, 9.17) is 10.2 Å². The Hall–Kier alpha value is 0.160. The molecule has 4 heteroatoms. The molecule has 2 N–H and O–H groups in total. The van der Waals surface area contributed by atoms with E-state index in [1.807, 2.05) is 22.6 Å². The SMILES string of the molecule is CC[C@@H](C(=O)O)C(O)CI. The van der Waals surface area contributed by atoms with Gasteiger partial charge in [-0.25, -0.2) is 0 Å². The number of hydrogen-bond acceptors (Lipinski definition) is 2. The van der Waals surface area contributed by atoms with Crippen LogP contribution < -0.4 is 0 Å². The number of hydrogen-bond donors (Lipinski definition) is 2. The number of aliphatic carboxylic acids is 1. The highest BCUT2D eigenvalue weighted by Crippen LogP contribution is 2.10. The van der Waals surface area contributed by atoms with E-state index in [-0.39, 0.29) is 0 Å². The van der Waals surface area contributed by atoms with Gasteiger partial charge in [-0.15, -0.1) is 0 Å². The van der Waals surface area contributed by atoms with Crippen LogP contribution in [0.25, 0.3) is 0 Å². The van der Waals surface area contributed by atoms with Crippen LogP contribution in [0, 0.1) is 5.92 Å². The summed E-state index contributed by atoms with van der Waals surface area (Å²) in [7, 11) is 0. The number of halogens is 1. The Labute approximate surface area is 73.6 Å². The van der Waals surface area contributed by atoms with Crippen LogP contribution in [0.15, 0.2) is 0 Å². The Morgan fingerprint density at radius 1 is 1.70 bits per heavy atom. The molecule has 60 valence electrons. The fraction of sp³-hybridized carbons (Fsp3) is 0.833. The Morgan fingerprint density at radius 3 is 2.30 bits per heavy atom. The molecule has 0 rings (SSSR count). The van der Waals surface area contributed by atoms with Crippen LogP contribution in [0.4, 0.5) is 0 Å². The number of rotatable bonds is 4. The van der Waals surface area contributed by atoms with E-state index >= 15 is 0 Å². The van der Waals surface area contributed by atoms with E-state index in [0.717, 1.165) is 0 Å². The molecule has 10 heavy (non-hydrogen) atoms. The fourth-order valence-corrected chi connectivity index (χ4v) is 1.33.